The van der Waals surface area contributed by atoms with E-state index in [1.807, 2.05) is 24.3 Å². The minimum absolute atomic E-state index is 0.00760. The molecule has 0 saturated carbocycles. The lowest BCUT2D eigenvalue weighted by molar-refractivity contribution is 0.0953. The molecule has 0 heterocycles. The lowest BCUT2D eigenvalue weighted by Crippen LogP contribution is -2.24. The molecule has 1 aromatic rings. The molecule has 1 aromatic carbocycles. The third kappa shape index (κ3) is 5.43. The van der Waals surface area contributed by atoms with Crippen LogP contribution in [0.5, 0.6) is 0 Å². The molecule has 3 heteroatoms. The largest absolute Gasteiger partial charge is 0.352 e. The number of carbonyl (C=O) groups is 1. The number of amides is 1. The van der Waals surface area contributed by atoms with Crippen molar-refractivity contribution in [2.24, 2.45) is 5.73 Å². The third-order valence-electron chi connectivity index (χ3n) is 3.18. The Morgan fingerprint density at radius 2 is 1.74 bits per heavy atom. The molecule has 0 saturated heterocycles. The molecule has 3 nitrogen and oxygen atoms in total. The van der Waals surface area contributed by atoms with Crippen molar-refractivity contribution in [3.05, 3.63) is 35.4 Å². The summed E-state index contributed by atoms with van der Waals surface area (Å²) >= 11 is 0. The van der Waals surface area contributed by atoms with E-state index in [4.69, 9.17) is 5.73 Å². The Bertz CT molecular complexity index is 390. The highest BCUT2D eigenvalue weighted by molar-refractivity contribution is 5.94. The van der Waals surface area contributed by atoms with Gasteiger partial charge in [0, 0.05) is 12.1 Å². The van der Waals surface area contributed by atoms with Crippen LogP contribution in [0.25, 0.3) is 0 Å². The fraction of sp³-hybridized carbons (Fsp3) is 0.562. The number of rotatable bonds is 6. The Hall–Kier alpha value is -1.35. The molecular weight excluding hydrogens is 236 g/mol. The van der Waals surface area contributed by atoms with Crippen LogP contribution in [-0.4, -0.2) is 19.0 Å². The van der Waals surface area contributed by atoms with E-state index in [-0.39, 0.29) is 11.3 Å². The Morgan fingerprint density at radius 3 is 2.26 bits per heavy atom. The van der Waals surface area contributed by atoms with E-state index in [2.05, 4.69) is 26.1 Å². The lowest BCUT2D eigenvalue weighted by atomic mass is 9.87. The van der Waals surface area contributed by atoms with Gasteiger partial charge in [0.2, 0.25) is 0 Å². The van der Waals surface area contributed by atoms with Crippen LogP contribution in [0.2, 0.25) is 0 Å². The van der Waals surface area contributed by atoms with Crippen LogP contribution in [-0.2, 0) is 5.41 Å². The minimum Gasteiger partial charge on any atom is -0.352 e. The lowest BCUT2D eigenvalue weighted by Gasteiger charge is -2.19. The molecule has 0 aliphatic heterocycles. The highest BCUT2D eigenvalue weighted by atomic mass is 16.1. The van der Waals surface area contributed by atoms with E-state index in [9.17, 15) is 4.79 Å². The number of unbranched alkanes of at least 4 members (excludes halogenated alkanes) is 2. The maximum Gasteiger partial charge on any atom is 0.251 e. The average Bonchev–Trinajstić information content (AvgIpc) is 2.37. The van der Waals surface area contributed by atoms with Crippen molar-refractivity contribution in [1.82, 2.24) is 5.32 Å². The summed E-state index contributed by atoms with van der Waals surface area (Å²) in [5.41, 5.74) is 7.52. The third-order valence-corrected chi connectivity index (χ3v) is 3.18. The zero-order valence-electron chi connectivity index (χ0n) is 12.3. The first-order valence-electron chi connectivity index (χ1n) is 7.04. The Balaban J connectivity index is 2.45. The molecule has 0 aromatic heterocycles. The van der Waals surface area contributed by atoms with Gasteiger partial charge in [-0.15, -0.1) is 0 Å². The van der Waals surface area contributed by atoms with Gasteiger partial charge in [-0.2, -0.15) is 0 Å². The van der Waals surface area contributed by atoms with Gasteiger partial charge in [-0.25, -0.2) is 0 Å². The molecule has 1 rings (SSSR count). The molecule has 3 N–H and O–H groups in total. The van der Waals surface area contributed by atoms with Crippen molar-refractivity contribution in [3.8, 4) is 0 Å². The highest BCUT2D eigenvalue weighted by Crippen LogP contribution is 2.22. The highest BCUT2D eigenvalue weighted by Gasteiger charge is 2.13. The fourth-order valence-corrected chi connectivity index (χ4v) is 1.87. The normalized spacial score (nSPS) is 11.4. The van der Waals surface area contributed by atoms with Crippen LogP contribution in [0.1, 0.15) is 56.0 Å². The zero-order valence-corrected chi connectivity index (χ0v) is 12.3. The second-order valence-corrected chi connectivity index (χ2v) is 5.93. The number of nitrogens with one attached hydrogen (secondary N) is 1. The second kappa shape index (κ2) is 7.29. The summed E-state index contributed by atoms with van der Waals surface area (Å²) in [6.07, 6.45) is 3.08. The van der Waals surface area contributed by atoms with Gasteiger partial charge in [0.1, 0.15) is 0 Å². The number of nitrogens with two attached hydrogens (primary N) is 1. The van der Waals surface area contributed by atoms with Gasteiger partial charge in [-0.05, 0) is 42.5 Å². The molecule has 19 heavy (non-hydrogen) atoms. The molecule has 0 unspecified atom stereocenters. The summed E-state index contributed by atoms with van der Waals surface area (Å²) in [4.78, 5) is 11.9. The van der Waals surface area contributed by atoms with Crippen LogP contribution >= 0.6 is 0 Å². The maximum atomic E-state index is 11.9. The average molecular weight is 262 g/mol. The fourth-order valence-electron chi connectivity index (χ4n) is 1.87. The summed E-state index contributed by atoms with van der Waals surface area (Å²) in [6, 6.07) is 7.86. The number of hydrogen-bond acceptors (Lipinski definition) is 2. The van der Waals surface area contributed by atoms with Gasteiger partial charge in [-0.1, -0.05) is 39.3 Å². The molecule has 0 fully saturated rings. The van der Waals surface area contributed by atoms with Crippen molar-refractivity contribution < 1.29 is 4.79 Å². The van der Waals surface area contributed by atoms with Gasteiger partial charge in [0.25, 0.3) is 5.91 Å². The van der Waals surface area contributed by atoms with Gasteiger partial charge in [-0.3, -0.25) is 4.79 Å². The Kier molecular flexibility index (Phi) is 6.03. The van der Waals surface area contributed by atoms with Crippen LogP contribution in [0.15, 0.2) is 24.3 Å². The minimum atomic E-state index is 0.00760. The van der Waals surface area contributed by atoms with E-state index >= 15 is 0 Å². The monoisotopic (exact) mass is 262 g/mol. The smallest absolute Gasteiger partial charge is 0.251 e. The van der Waals surface area contributed by atoms with Gasteiger partial charge < -0.3 is 11.1 Å². The first-order valence-corrected chi connectivity index (χ1v) is 7.04. The summed E-state index contributed by atoms with van der Waals surface area (Å²) in [6.45, 7) is 7.95. The van der Waals surface area contributed by atoms with E-state index < -0.39 is 0 Å². The standard InChI is InChI=1S/C16H26N2O/c1-16(2,3)14-9-7-13(8-10-14)15(19)18-12-6-4-5-11-17/h7-10H,4-6,11-12,17H2,1-3H3,(H,18,19). The molecular formula is C16H26N2O. The molecule has 106 valence electrons. The first-order chi connectivity index (χ1) is 8.95. The maximum absolute atomic E-state index is 11.9. The van der Waals surface area contributed by atoms with E-state index in [1.165, 1.54) is 5.56 Å². The molecule has 1 amide bonds. The Labute approximate surface area is 116 Å². The number of carbonyl (C=O) groups excluding carboxylic acids is 1. The van der Waals surface area contributed by atoms with E-state index in [0.29, 0.717) is 0 Å². The summed E-state index contributed by atoms with van der Waals surface area (Å²) in [7, 11) is 0. The molecule has 0 atom stereocenters. The topological polar surface area (TPSA) is 55.1 Å². The van der Waals surface area contributed by atoms with Gasteiger partial charge >= 0.3 is 0 Å². The van der Waals surface area contributed by atoms with Crippen LogP contribution in [0.3, 0.4) is 0 Å². The predicted molar refractivity (Wildman–Crippen MR) is 80.4 cm³/mol. The van der Waals surface area contributed by atoms with Crippen molar-refractivity contribution in [2.75, 3.05) is 13.1 Å². The van der Waals surface area contributed by atoms with Crippen molar-refractivity contribution in [2.45, 2.75) is 45.4 Å². The van der Waals surface area contributed by atoms with Crippen LogP contribution < -0.4 is 11.1 Å². The quantitative estimate of drug-likeness (QED) is 0.775. The van der Waals surface area contributed by atoms with Gasteiger partial charge in [0.15, 0.2) is 0 Å². The van der Waals surface area contributed by atoms with E-state index in [1.54, 1.807) is 0 Å². The van der Waals surface area contributed by atoms with Crippen molar-refractivity contribution in [1.29, 1.82) is 0 Å². The van der Waals surface area contributed by atoms with Crippen molar-refractivity contribution >= 4 is 5.91 Å². The summed E-state index contributed by atoms with van der Waals surface area (Å²) < 4.78 is 0. The molecule has 0 spiro atoms. The Morgan fingerprint density at radius 1 is 1.11 bits per heavy atom. The SMILES string of the molecule is CC(C)(C)c1ccc(C(=O)NCCCCCN)cc1. The second-order valence-electron chi connectivity index (χ2n) is 5.93. The van der Waals surface area contributed by atoms with Crippen molar-refractivity contribution in [3.63, 3.8) is 0 Å². The van der Waals surface area contributed by atoms with Crippen LogP contribution in [0.4, 0.5) is 0 Å². The molecule has 0 radical (unpaired) electrons. The predicted octanol–water partition coefficient (Wildman–Crippen LogP) is 2.84. The van der Waals surface area contributed by atoms with Gasteiger partial charge in [0.05, 0.1) is 0 Å². The molecule has 0 aliphatic rings. The zero-order chi connectivity index (χ0) is 14.3. The number of benzene rings is 1. The van der Waals surface area contributed by atoms with E-state index in [0.717, 1.165) is 37.9 Å². The molecule has 0 bridgehead atoms. The summed E-state index contributed by atoms with van der Waals surface area (Å²) in [5, 5.41) is 2.94. The summed E-state index contributed by atoms with van der Waals surface area (Å²) in [5.74, 6) is 0.00760. The first kappa shape index (κ1) is 15.7. The number of hydrogen-bond donors (Lipinski definition) is 2. The molecule has 0 aliphatic carbocycles. The van der Waals surface area contributed by atoms with Crippen LogP contribution in [0, 0.1) is 0 Å².